The van der Waals surface area contributed by atoms with Crippen LogP contribution >= 0.6 is 11.8 Å². The van der Waals surface area contributed by atoms with Crippen molar-refractivity contribution < 1.29 is 5.11 Å². The minimum atomic E-state index is -0.192. The van der Waals surface area contributed by atoms with Crippen LogP contribution in [0.5, 0.6) is 0 Å². The van der Waals surface area contributed by atoms with Gasteiger partial charge in [-0.05, 0) is 14.0 Å². The second-order valence-corrected chi connectivity index (χ2v) is 5.95. The van der Waals surface area contributed by atoms with Crippen molar-refractivity contribution in [3.8, 4) is 0 Å². The molecule has 0 saturated carbocycles. The van der Waals surface area contributed by atoms with Crippen molar-refractivity contribution in [2.45, 2.75) is 25.2 Å². The van der Waals surface area contributed by atoms with Gasteiger partial charge < -0.3 is 10.0 Å². The van der Waals surface area contributed by atoms with E-state index in [2.05, 4.69) is 23.8 Å². The lowest BCUT2D eigenvalue weighted by Crippen LogP contribution is -2.45. The molecular weight excluding hydrogens is 208 g/mol. The molecule has 0 amide bonds. The van der Waals surface area contributed by atoms with Gasteiger partial charge in [-0.15, -0.1) is 0 Å². The molecule has 0 aliphatic carbocycles. The Hall–Kier alpha value is 0.230. The first-order chi connectivity index (χ1) is 7.09. The van der Waals surface area contributed by atoms with E-state index >= 15 is 0 Å². The van der Waals surface area contributed by atoms with Crippen LogP contribution in [0.1, 0.15) is 13.8 Å². The lowest BCUT2D eigenvalue weighted by atomic mass is 10.3. The first kappa shape index (κ1) is 13.3. The van der Waals surface area contributed by atoms with Crippen LogP contribution in [0.3, 0.4) is 0 Å². The highest BCUT2D eigenvalue weighted by Crippen LogP contribution is 2.14. The zero-order valence-corrected chi connectivity index (χ0v) is 11.0. The molecule has 1 N–H and O–H groups in total. The van der Waals surface area contributed by atoms with Gasteiger partial charge in [0.1, 0.15) is 0 Å². The van der Waals surface area contributed by atoms with Gasteiger partial charge >= 0.3 is 0 Å². The smallest absolute Gasteiger partial charge is 0.0627 e. The molecule has 1 aliphatic heterocycles. The Morgan fingerprint density at radius 2 is 1.80 bits per heavy atom. The van der Waals surface area contributed by atoms with Gasteiger partial charge in [-0.25, -0.2) is 0 Å². The number of aliphatic hydroxyl groups is 1. The largest absolute Gasteiger partial charge is 0.392 e. The molecule has 0 spiro atoms. The van der Waals surface area contributed by atoms with Crippen molar-refractivity contribution in [3.63, 3.8) is 0 Å². The summed E-state index contributed by atoms with van der Waals surface area (Å²) in [5.41, 5.74) is 0. The highest BCUT2D eigenvalue weighted by molar-refractivity contribution is 7.99. The fourth-order valence-corrected chi connectivity index (χ4v) is 2.59. The van der Waals surface area contributed by atoms with Crippen molar-refractivity contribution in [2.24, 2.45) is 0 Å². The second kappa shape index (κ2) is 6.74. The van der Waals surface area contributed by atoms with Gasteiger partial charge in [-0.3, -0.25) is 4.90 Å². The Morgan fingerprint density at radius 3 is 2.33 bits per heavy atom. The molecule has 1 fully saturated rings. The summed E-state index contributed by atoms with van der Waals surface area (Å²) in [7, 11) is 2.18. The van der Waals surface area contributed by atoms with Crippen LogP contribution < -0.4 is 0 Å². The van der Waals surface area contributed by atoms with Crippen LogP contribution in [0.25, 0.3) is 0 Å². The highest BCUT2D eigenvalue weighted by Gasteiger charge is 2.14. The van der Waals surface area contributed by atoms with Crippen LogP contribution in [0.2, 0.25) is 0 Å². The molecule has 0 aromatic rings. The molecule has 0 bridgehead atoms. The molecule has 0 aromatic heterocycles. The third-order valence-electron chi connectivity index (χ3n) is 3.06. The summed E-state index contributed by atoms with van der Waals surface area (Å²) in [6.07, 6.45) is -0.192. The number of thioether (sulfide) groups is 1. The van der Waals surface area contributed by atoms with E-state index in [4.69, 9.17) is 0 Å². The SMILES string of the molecule is CC(O)C(C)SCCN1CCN(C)CC1. The van der Waals surface area contributed by atoms with Gasteiger partial charge in [0, 0.05) is 43.7 Å². The fourth-order valence-electron chi connectivity index (χ4n) is 1.58. The molecule has 1 aliphatic rings. The normalized spacial score (nSPS) is 24.0. The predicted molar refractivity (Wildman–Crippen MR) is 67.5 cm³/mol. The summed E-state index contributed by atoms with van der Waals surface area (Å²) >= 11 is 1.87. The topological polar surface area (TPSA) is 26.7 Å². The van der Waals surface area contributed by atoms with E-state index in [1.807, 2.05) is 18.7 Å². The summed E-state index contributed by atoms with van der Waals surface area (Å²) in [5.74, 6) is 1.13. The Labute approximate surface area is 97.8 Å². The summed E-state index contributed by atoms with van der Waals surface area (Å²) in [4.78, 5) is 4.89. The Bertz CT molecular complexity index is 170. The Morgan fingerprint density at radius 1 is 1.20 bits per heavy atom. The molecule has 4 heteroatoms. The molecule has 90 valence electrons. The van der Waals surface area contributed by atoms with Gasteiger partial charge in [0.2, 0.25) is 0 Å². The minimum Gasteiger partial charge on any atom is -0.392 e. The van der Waals surface area contributed by atoms with Crippen molar-refractivity contribution >= 4 is 11.8 Å². The maximum atomic E-state index is 9.35. The van der Waals surface area contributed by atoms with Crippen LogP contribution in [0.4, 0.5) is 0 Å². The van der Waals surface area contributed by atoms with E-state index in [0.29, 0.717) is 5.25 Å². The van der Waals surface area contributed by atoms with E-state index in [1.54, 1.807) is 0 Å². The van der Waals surface area contributed by atoms with Gasteiger partial charge in [0.25, 0.3) is 0 Å². The number of rotatable bonds is 5. The monoisotopic (exact) mass is 232 g/mol. The number of aliphatic hydroxyl groups excluding tert-OH is 1. The zero-order valence-electron chi connectivity index (χ0n) is 10.1. The highest BCUT2D eigenvalue weighted by atomic mass is 32.2. The third-order valence-corrected chi connectivity index (χ3v) is 4.40. The van der Waals surface area contributed by atoms with Gasteiger partial charge in [-0.2, -0.15) is 11.8 Å². The van der Waals surface area contributed by atoms with Crippen molar-refractivity contribution in [3.05, 3.63) is 0 Å². The van der Waals surface area contributed by atoms with E-state index in [1.165, 1.54) is 26.2 Å². The quantitative estimate of drug-likeness (QED) is 0.756. The van der Waals surface area contributed by atoms with Crippen molar-refractivity contribution in [1.82, 2.24) is 9.80 Å². The van der Waals surface area contributed by atoms with Crippen LogP contribution in [-0.4, -0.2) is 71.8 Å². The van der Waals surface area contributed by atoms with Crippen molar-refractivity contribution in [2.75, 3.05) is 45.5 Å². The van der Waals surface area contributed by atoms with E-state index in [-0.39, 0.29) is 6.10 Å². The zero-order chi connectivity index (χ0) is 11.3. The molecule has 1 heterocycles. The molecule has 2 atom stereocenters. The number of piperazine rings is 1. The molecule has 3 nitrogen and oxygen atoms in total. The average Bonchev–Trinajstić information content (AvgIpc) is 2.20. The van der Waals surface area contributed by atoms with Gasteiger partial charge in [0.15, 0.2) is 0 Å². The molecule has 1 rings (SSSR count). The average molecular weight is 232 g/mol. The second-order valence-electron chi connectivity index (χ2n) is 4.46. The summed E-state index contributed by atoms with van der Waals surface area (Å²) in [6.45, 7) is 9.90. The molecule has 0 radical (unpaired) electrons. The van der Waals surface area contributed by atoms with E-state index in [9.17, 15) is 5.11 Å². The predicted octanol–water partition coefficient (Wildman–Crippen LogP) is 0.736. The molecule has 1 saturated heterocycles. The molecular formula is C11H24N2OS. The Balaban J connectivity index is 2.05. The van der Waals surface area contributed by atoms with Crippen LogP contribution in [-0.2, 0) is 0 Å². The van der Waals surface area contributed by atoms with Crippen LogP contribution in [0.15, 0.2) is 0 Å². The van der Waals surface area contributed by atoms with Crippen LogP contribution in [0, 0.1) is 0 Å². The van der Waals surface area contributed by atoms with E-state index < -0.39 is 0 Å². The standard InChI is InChI=1S/C11H24N2OS/c1-10(14)11(2)15-9-8-13-6-4-12(3)5-7-13/h10-11,14H,4-9H2,1-3H3. The molecule has 0 aromatic carbocycles. The summed E-state index contributed by atoms with van der Waals surface area (Å²) in [6, 6.07) is 0. The number of likely N-dealkylation sites (N-methyl/N-ethyl adjacent to an activating group) is 1. The lowest BCUT2D eigenvalue weighted by Gasteiger charge is -2.32. The Kier molecular flexibility index (Phi) is 5.97. The van der Waals surface area contributed by atoms with Gasteiger partial charge in [0.05, 0.1) is 6.10 Å². The number of hydrogen-bond donors (Lipinski definition) is 1. The fraction of sp³-hybridized carbons (Fsp3) is 1.00. The van der Waals surface area contributed by atoms with Gasteiger partial charge in [-0.1, -0.05) is 6.92 Å². The van der Waals surface area contributed by atoms with E-state index in [0.717, 1.165) is 12.3 Å². The first-order valence-corrected chi connectivity index (χ1v) is 6.85. The molecule has 2 unspecified atom stereocenters. The maximum Gasteiger partial charge on any atom is 0.0627 e. The van der Waals surface area contributed by atoms with Crippen molar-refractivity contribution in [1.29, 1.82) is 0 Å². The maximum absolute atomic E-state index is 9.35. The minimum absolute atomic E-state index is 0.192. The number of nitrogens with zero attached hydrogens (tertiary/aromatic N) is 2. The lowest BCUT2D eigenvalue weighted by molar-refractivity contribution is 0.161. The first-order valence-electron chi connectivity index (χ1n) is 5.80. The molecule has 15 heavy (non-hydrogen) atoms. The summed E-state index contributed by atoms with van der Waals surface area (Å²) in [5, 5.41) is 9.71. The summed E-state index contributed by atoms with van der Waals surface area (Å²) < 4.78 is 0. The number of hydrogen-bond acceptors (Lipinski definition) is 4. The third kappa shape index (κ3) is 5.20.